The second-order valence-corrected chi connectivity index (χ2v) is 4.77. The van der Waals surface area contributed by atoms with Gasteiger partial charge in [0.05, 0.1) is 12.8 Å². The van der Waals surface area contributed by atoms with Crippen LogP contribution in [0.2, 0.25) is 0 Å². The van der Waals surface area contributed by atoms with Crippen molar-refractivity contribution in [3.8, 4) is 22.8 Å². The molecule has 1 atom stereocenters. The Labute approximate surface area is 126 Å². The van der Waals surface area contributed by atoms with Crippen molar-refractivity contribution in [1.82, 2.24) is 9.78 Å². The molecule has 0 amide bonds. The van der Waals surface area contributed by atoms with E-state index in [0.717, 1.165) is 10.2 Å². The zero-order valence-electron chi connectivity index (χ0n) is 12.1. The second-order valence-electron chi connectivity index (χ2n) is 4.77. The van der Waals surface area contributed by atoms with Crippen molar-refractivity contribution in [2.75, 3.05) is 13.9 Å². The van der Waals surface area contributed by atoms with Gasteiger partial charge in [-0.1, -0.05) is 0 Å². The Morgan fingerprint density at radius 1 is 1.27 bits per heavy atom. The molecule has 114 valence electrons. The highest BCUT2D eigenvalue weighted by Gasteiger charge is 2.19. The van der Waals surface area contributed by atoms with E-state index in [0.29, 0.717) is 17.2 Å². The molecule has 0 spiro atoms. The van der Waals surface area contributed by atoms with Crippen molar-refractivity contribution in [3.05, 3.63) is 40.7 Å². The average Bonchev–Trinajstić information content (AvgIpc) is 3.01. The molecule has 0 unspecified atom stereocenters. The largest absolute Gasteiger partial charge is 0.467 e. The zero-order valence-corrected chi connectivity index (χ0v) is 12.1. The van der Waals surface area contributed by atoms with Crippen LogP contribution in [0, 0.1) is 0 Å². The molecule has 0 fully saturated rings. The first-order valence-electron chi connectivity index (χ1n) is 6.68. The summed E-state index contributed by atoms with van der Waals surface area (Å²) in [4.78, 5) is 23.5. The second kappa shape index (κ2) is 5.51. The van der Waals surface area contributed by atoms with Crippen molar-refractivity contribution in [1.29, 1.82) is 0 Å². The van der Waals surface area contributed by atoms with Crippen molar-refractivity contribution < 1.29 is 19.0 Å². The lowest BCUT2D eigenvalue weighted by molar-refractivity contribution is -0.144. The molecule has 7 heteroatoms. The zero-order chi connectivity index (χ0) is 15.7. The van der Waals surface area contributed by atoms with Gasteiger partial charge in [-0.05, 0) is 31.2 Å². The van der Waals surface area contributed by atoms with Crippen molar-refractivity contribution in [2.24, 2.45) is 0 Å². The summed E-state index contributed by atoms with van der Waals surface area (Å²) >= 11 is 0. The van der Waals surface area contributed by atoms with E-state index in [9.17, 15) is 9.59 Å². The van der Waals surface area contributed by atoms with Crippen LogP contribution in [0.4, 0.5) is 0 Å². The monoisotopic (exact) mass is 302 g/mol. The first kappa shape index (κ1) is 14.1. The molecule has 0 aliphatic carbocycles. The highest BCUT2D eigenvalue weighted by atomic mass is 16.7. The molecule has 1 aromatic carbocycles. The minimum absolute atomic E-state index is 0.186. The fraction of sp³-hybridized carbons (Fsp3) is 0.267. The van der Waals surface area contributed by atoms with Gasteiger partial charge in [-0.25, -0.2) is 9.48 Å². The summed E-state index contributed by atoms with van der Waals surface area (Å²) in [6, 6.07) is 7.53. The highest BCUT2D eigenvalue weighted by Crippen LogP contribution is 2.35. The maximum Gasteiger partial charge on any atom is 0.330 e. The number of rotatable bonds is 3. The number of hydrogen-bond donors (Lipinski definition) is 0. The number of ether oxygens (including phenoxy) is 3. The molecule has 2 heterocycles. The first-order chi connectivity index (χ1) is 10.6. The van der Waals surface area contributed by atoms with E-state index < -0.39 is 12.0 Å². The molecule has 22 heavy (non-hydrogen) atoms. The Bertz CT molecular complexity index is 784. The van der Waals surface area contributed by atoms with Gasteiger partial charge in [0, 0.05) is 11.6 Å². The summed E-state index contributed by atoms with van der Waals surface area (Å²) in [6.45, 7) is 1.74. The summed E-state index contributed by atoms with van der Waals surface area (Å²) in [5.41, 5.74) is 0.936. The van der Waals surface area contributed by atoms with E-state index in [-0.39, 0.29) is 12.4 Å². The highest BCUT2D eigenvalue weighted by molar-refractivity contribution is 5.73. The Hall–Kier alpha value is -2.83. The maximum atomic E-state index is 11.9. The number of nitrogens with zero attached hydrogens (tertiary/aromatic N) is 2. The van der Waals surface area contributed by atoms with Crippen LogP contribution in [0.3, 0.4) is 0 Å². The number of aromatic nitrogens is 2. The number of methoxy groups -OCH3 is 1. The van der Waals surface area contributed by atoms with Gasteiger partial charge < -0.3 is 14.2 Å². The van der Waals surface area contributed by atoms with Crippen LogP contribution < -0.4 is 15.0 Å². The third-order valence-corrected chi connectivity index (χ3v) is 3.40. The molecule has 2 aromatic rings. The average molecular weight is 302 g/mol. The summed E-state index contributed by atoms with van der Waals surface area (Å²) in [7, 11) is 1.27. The summed E-state index contributed by atoms with van der Waals surface area (Å²) in [5, 5.41) is 4.24. The van der Waals surface area contributed by atoms with E-state index in [1.54, 1.807) is 25.1 Å². The topological polar surface area (TPSA) is 79.7 Å². The van der Waals surface area contributed by atoms with Gasteiger partial charge in [-0.3, -0.25) is 4.79 Å². The lowest BCUT2D eigenvalue weighted by Crippen LogP contribution is -2.30. The molecule has 1 aliphatic rings. The first-order valence-corrected chi connectivity index (χ1v) is 6.68. The van der Waals surface area contributed by atoms with Gasteiger partial charge in [-0.15, -0.1) is 0 Å². The maximum absolute atomic E-state index is 11.9. The fourth-order valence-corrected chi connectivity index (χ4v) is 2.18. The van der Waals surface area contributed by atoms with Crippen LogP contribution in [0.1, 0.15) is 13.0 Å². The minimum Gasteiger partial charge on any atom is -0.467 e. The van der Waals surface area contributed by atoms with Crippen molar-refractivity contribution >= 4 is 5.97 Å². The molecule has 1 aromatic heterocycles. The van der Waals surface area contributed by atoms with Crippen LogP contribution in [-0.4, -0.2) is 29.7 Å². The normalized spacial score (nSPS) is 13.7. The van der Waals surface area contributed by atoms with E-state index >= 15 is 0 Å². The summed E-state index contributed by atoms with van der Waals surface area (Å²) < 4.78 is 16.3. The number of carbonyl (C=O) groups excluding carboxylic acids is 1. The Balaban J connectivity index is 2.02. The minimum atomic E-state index is -0.800. The lowest BCUT2D eigenvalue weighted by atomic mass is 10.1. The molecular formula is C15H14N2O5. The lowest BCUT2D eigenvalue weighted by Gasteiger charge is -2.12. The van der Waals surface area contributed by atoms with Gasteiger partial charge in [0.2, 0.25) is 6.79 Å². The van der Waals surface area contributed by atoms with E-state index in [2.05, 4.69) is 9.84 Å². The fourth-order valence-electron chi connectivity index (χ4n) is 2.18. The van der Waals surface area contributed by atoms with Gasteiger partial charge in [0.15, 0.2) is 17.5 Å². The number of carbonyl (C=O) groups is 1. The molecule has 0 radical (unpaired) electrons. The Kier molecular flexibility index (Phi) is 3.54. The molecule has 7 nitrogen and oxygen atoms in total. The standard InChI is InChI=1S/C15H14N2O5/c1-9(15(19)20-2)17-14(18)6-4-11(16-17)10-3-5-12-13(7-10)22-8-21-12/h3-7,9H,8H2,1-2H3/t9-/m1/s1. The predicted molar refractivity (Wildman–Crippen MR) is 76.8 cm³/mol. The van der Waals surface area contributed by atoms with E-state index in [1.807, 2.05) is 6.07 Å². The summed E-state index contributed by atoms with van der Waals surface area (Å²) in [5.74, 6) is 0.760. The molecule has 0 N–H and O–H groups in total. The van der Waals surface area contributed by atoms with Gasteiger partial charge in [0.1, 0.15) is 0 Å². The molecular weight excluding hydrogens is 288 g/mol. The van der Waals surface area contributed by atoms with Gasteiger partial charge >= 0.3 is 5.97 Å². The number of esters is 1. The third-order valence-electron chi connectivity index (χ3n) is 3.40. The molecule has 1 aliphatic heterocycles. The molecule has 0 bridgehead atoms. The Morgan fingerprint density at radius 2 is 2.05 bits per heavy atom. The quantitative estimate of drug-likeness (QED) is 0.797. The third kappa shape index (κ3) is 2.41. The van der Waals surface area contributed by atoms with Crippen LogP contribution in [0.5, 0.6) is 11.5 Å². The molecule has 0 saturated carbocycles. The van der Waals surface area contributed by atoms with Crippen molar-refractivity contribution in [3.63, 3.8) is 0 Å². The van der Waals surface area contributed by atoms with E-state index in [1.165, 1.54) is 13.2 Å². The number of hydrogen-bond acceptors (Lipinski definition) is 6. The van der Waals surface area contributed by atoms with Crippen LogP contribution >= 0.6 is 0 Å². The van der Waals surface area contributed by atoms with Gasteiger partial charge in [0.25, 0.3) is 5.56 Å². The SMILES string of the molecule is COC(=O)[C@@H](C)n1nc(-c2ccc3c(c2)OCO3)ccc1=O. The van der Waals surface area contributed by atoms with E-state index in [4.69, 9.17) is 9.47 Å². The molecule has 3 rings (SSSR count). The van der Waals surface area contributed by atoms with Crippen molar-refractivity contribution in [2.45, 2.75) is 13.0 Å². The summed E-state index contributed by atoms with van der Waals surface area (Å²) in [6.07, 6.45) is 0. The van der Waals surface area contributed by atoms with Crippen LogP contribution in [0.25, 0.3) is 11.3 Å². The molecule has 0 saturated heterocycles. The predicted octanol–water partition coefficient (Wildman–Crippen LogP) is 1.37. The van der Waals surface area contributed by atoms with Gasteiger partial charge in [-0.2, -0.15) is 5.10 Å². The smallest absolute Gasteiger partial charge is 0.330 e. The Morgan fingerprint density at radius 3 is 2.82 bits per heavy atom. The number of fused-ring (bicyclic) bond motifs is 1. The van der Waals surface area contributed by atoms with Crippen LogP contribution in [0.15, 0.2) is 35.1 Å². The number of benzene rings is 1. The van der Waals surface area contributed by atoms with Crippen LogP contribution in [-0.2, 0) is 9.53 Å².